The molecule has 106 valence electrons. The number of aromatic nitrogens is 1. The van der Waals surface area contributed by atoms with Crippen molar-refractivity contribution in [1.82, 2.24) is 10.3 Å². The highest BCUT2D eigenvalue weighted by molar-refractivity contribution is 5.99. The topological polar surface area (TPSA) is 63.2 Å². The maximum Gasteiger partial charge on any atom is 0.270 e. The third kappa shape index (κ3) is 3.24. The van der Waals surface area contributed by atoms with Crippen molar-refractivity contribution in [3.63, 3.8) is 0 Å². The van der Waals surface area contributed by atoms with Crippen LogP contribution in [0.25, 0.3) is 10.9 Å². The molecule has 1 amide bonds. The lowest BCUT2D eigenvalue weighted by atomic mass is 10.1. The molecule has 2 aromatic rings. The Bertz CT molecular complexity index is 599. The first-order valence-corrected chi connectivity index (χ1v) is 6.69. The number of amides is 1. The van der Waals surface area contributed by atoms with E-state index in [-0.39, 0.29) is 5.91 Å². The molecule has 0 aliphatic heterocycles. The Hall–Kier alpha value is -2.14. The van der Waals surface area contributed by atoms with Crippen LogP contribution in [0.3, 0.4) is 0 Å². The molecule has 0 saturated heterocycles. The number of para-hydroxylation sites is 1. The van der Waals surface area contributed by atoms with Crippen molar-refractivity contribution in [1.29, 1.82) is 0 Å². The van der Waals surface area contributed by atoms with Gasteiger partial charge in [-0.1, -0.05) is 18.2 Å². The van der Waals surface area contributed by atoms with Gasteiger partial charge in [0.05, 0.1) is 12.1 Å². The van der Waals surface area contributed by atoms with Crippen LogP contribution in [0.4, 0.5) is 5.69 Å². The zero-order valence-corrected chi connectivity index (χ0v) is 11.8. The molecule has 0 atom stereocenters. The lowest BCUT2D eigenvalue weighted by Gasteiger charge is -2.09. The number of nitrogens with one attached hydrogen (secondary N) is 2. The summed E-state index contributed by atoms with van der Waals surface area (Å²) >= 11 is 0. The lowest BCUT2D eigenvalue weighted by molar-refractivity contribution is 0.0918. The highest BCUT2D eigenvalue weighted by atomic mass is 16.5. The summed E-state index contributed by atoms with van der Waals surface area (Å²) in [7, 11) is 1.83. The molecule has 0 bridgehead atoms. The number of fused-ring (bicyclic) bond motifs is 1. The summed E-state index contributed by atoms with van der Waals surface area (Å²) in [6.45, 7) is 3.56. The van der Waals surface area contributed by atoms with Crippen LogP contribution in [-0.4, -0.2) is 37.7 Å². The number of carbonyl (C=O) groups excluding carboxylic acids is 1. The monoisotopic (exact) mass is 273 g/mol. The quantitative estimate of drug-likeness (QED) is 0.791. The van der Waals surface area contributed by atoms with Crippen LogP contribution < -0.4 is 10.6 Å². The highest BCUT2D eigenvalue weighted by Gasteiger charge is 2.10. The van der Waals surface area contributed by atoms with E-state index in [0.717, 1.165) is 16.6 Å². The minimum Gasteiger partial charge on any atom is -0.388 e. The molecule has 0 aliphatic rings. The standard InChI is InChI=1S/C15H19N3O2/c1-3-20-9-8-17-15(19)14-10-13(16-2)11-6-4-5-7-12(11)18-14/h4-7,10H,3,8-9H2,1-2H3,(H,16,18)(H,17,19). The van der Waals surface area contributed by atoms with E-state index in [4.69, 9.17) is 4.74 Å². The molecule has 0 spiro atoms. The molecule has 2 N–H and O–H groups in total. The molecule has 2 rings (SSSR count). The normalized spacial score (nSPS) is 10.5. The second-order valence-corrected chi connectivity index (χ2v) is 4.28. The van der Waals surface area contributed by atoms with Gasteiger partial charge in [-0.3, -0.25) is 4.79 Å². The summed E-state index contributed by atoms with van der Waals surface area (Å²) in [6.07, 6.45) is 0. The third-order valence-electron chi connectivity index (χ3n) is 2.95. The fourth-order valence-corrected chi connectivity index (χ4v) is 1.97. The first kappa shape index (κ1) is 14.3. The van der Waals surface area contributed by atoms with Gasteiger partial charge in [0.15, 0.2) is 0 Å². The van der Waals surface area contributed by atoms with Crippen LogP contribution in [0.5, 0.6) is 0 Å². The van der Waals surface area contributed by atoms with Crippen molar-refractivity contribution in [3.05, 3.63) is 36.0 Å². The Kier molecular flexibility index (Phi) is 4.90. The van der Waals surface area contributed by atoms with Crippen molar-refractivity contribution in [2.24, 2.45) is 0 Å². The predicted molar refractivity (Wildman–Crippen MR) is 80.1 cm³/mol. The van der Waals surface area contributed by atoms with Crippen molar-refractivity contribution in [2.75, 3.05) is 32.1 Å². The van der Waals surface area contributed by atoms with Crippen LogP contribution in [0.2, 0.25) is 0 Å². The Morgan fingerprint density at radius 3 is 2.90 bits per heavy atom. The van der Waals surface area contributed by atoms with Gasteiger partial charge >= 0.3 is 0 Å². The molecular weight excluding hydrogens is 254 g/mol. The first-order chi connectivity index (χ1) is 9.76. The summed E-state index contributed by atoms with van der Waals surface area (Å²) in [5.74, 6) is -0.188. The van der Waals surface area contributed by atoms with Crippen molar-refractivity contribution in [2.45, 2.75) is 6.92 Å². The molecule has 20 heavy (non-hydrogen) atoms. The number of rotatable bonds is 6. The van der Waals surface area contributed by atoms with Crippen molar-refractivity contribution in [3.8, 4) is 0 Å². The van der Waals surface area contributed by atoms with Crippen LogP contribution in [-0.2, 0) is 4.74 Å². The summed E-state index contributed by atoms with van der Waals surface area (Å²) in [4.78, 5) is 16.5. The average molecular weight is 273 g/mol. The van der Waals surface area contributed by atoms with Gasteiger partial charge in [0.25, 0.3) is 5.91 Å². The zero-order chi connectivity index (χ0) is 14.4. The van der Waals surface area contributed by atoms with Gasteiger partial charge in [-0.2, -0.15) is 0 Å². The fourth-order valence-electron chi connectivity index (χ4n) is 1.97. The number of hydrogen-bond acceptors (Lipinski definition) is 4. The van der Waals surface area contributed by atoms with E-state index in [2.05, 4.69) is 15.6 Å². The van der Waals surface area contributed by atoms with Gasteiger partial charge < -0.3 is 15.4 Å². The number of pyridine rings is 1. The molecule has 5 nitrogen and oxygen atoms in total. The van der Waals surface area contributed by atoms with Crippen molar-refractivity contribution < 1.29 is 9.53 Å². The van der Waals surface area contributed by atoms with Gasteiger partial charge in [0, 0.05) is 31.3 Å². The van der Waals surface area contributed by atoms with E-state index in [1.165, 1.54) is 0 Å². The zero-order valence-electron chi connectivity index (χ0n) is 11.8. The third-order valence-corrected chi connectivity index (χ3v) is 2.95. The molecule has 0 saturated carbocycles. The molecule has 0 fully saturated rings. The first-order valence-electron chi connectivity index (χ1n) is 6.69. The van der Waals surface area contributed by atoms with Crippen LogP contribution in [0.1, 0.15) is 17.4 Å². The van der Waals surface area contributed by atoms with Crippen LogP contribution in [0.15, 0.2) is 30.3 Å². The van der Waals surface area contributed by atoms with E-state index in [1.807, 2.05) is 38.2 Å². The maximum absolute atomic E-state index is 12.1. The van der Waals surface area contributed by atoms with E-state index in [9.17, 15) is 4.79 Å². The summed E-state index contributed by atoms with van der Waals surface area (Å²) in [6, 6.07) is 9.49. The molecule has 0 unspecified atom stereocenters. The van der Waals surface area contributed by atoms with Gasteiger partial charge in [-0.05, 0) is 19.1 Å². The lowest BCUT2D eigenvalue weighted by Crippen LogP contribution is -2.28. The summed E-state index contributed by atoms with van der Waals surface area (Å²) in [5.41, 5.74) is 2.10. The molecule has 1 aromatic carbocycles. The number of ether oxygens (including phenoxy) is 1. The molecular formula is C15H19N3O2. The second kappa shape index (κ2) is 6.86. The Balaban J connectivity index is 2.19. The molecule has 1 heterocycles. The molecule has 0 radical (unpaired) electrons. The van der Waals surface area contributed by atoms with E-state index in [1.54, 1.807) is 6.07 Å². The second-order valence-electron chi connectivity index (χ2n) is 4.28. The maximum atomic E-state index is 12.1. The van der Waals surface area contributed by atoms with Crippen LogP contribution in [0, 0.1) is 0 Å². The van der Waals surface area contributed by atoms with Crippen LogP contribution >= 0.6 is 0 Å². The summed E-state index contributed by atoms with van der Waals surface area (Å²) < 4.78 is 5.19. The van der Waals surface area contributed by atoms with Gasteiger partial charge in [0.2, 0.25) is 0 Å². The molecule has 1 aromatic heterocycles. The SMILES string of the molecule is CCOCCNC(=O)c1cc(NC)c2ccccc2n1. The number of nitrogens with zero attached hydrogens (tertiary/aromatic N) is 1. The van der Waals surface area contributed by atoms with E-state index >= 15 is 0 Å². The van der Waals surface area contributed by atoms with Gasteiger partial charge in [0.1, 0.15) is 5.69 Å². The number of carbonyl (C=O) groups is 1. The Labute approximate surface area is 118 Å². The predicted octanol–water partition coefficient (Wildman–Crippen LogP) is 2.04. The summed E-state index contributed by atoms with van der Waals surface area (Å²) in [5, 5.41) is 6.89. The largest absolute Gasteiger partial charge is 0.388 e. The van der Waals surface area contributed by atoms with E-state index in [0.29, 0.717) is 25.5 Å². The smallest absolute Gasteiger partial charge is 0.270 e. The Morgan fingerprint density at radius 1 is 1.35 bits per heavy atom. The number of hydrogen-bond donors (Lipinski definition) is 2. The van der Waals surface area contributed by atoms with Gasteiger partial charge in [-0.15, -0.1) is 0 Å². The Morgan fingerprint density at radius 2 is 2.15 bits per heavy atom. The number of benzene rings is 1. The van der Waals surface area contributed by atoms with E-state index < -0.39 is 0 Å². The average Bonchev–Trinajstić information content (AvgIpc) is 2.50. The number of anilines is 1. The minimum atomic E-state index is -0.188. The molecule has 5 heteroatoms. The van der Waals surface area contributed by atoms with Crippen molar-refractivity contribution >= 4 is 22.5 Å². The fraction of sp³-hybridized carbons (Fsp3) is 0.333. The van der Waals surface area contributed by atoms with Gasteiger partial charge in [-0.25, -0.2) is 4.98 Å². The minimum absolute atomic E-state index is 0.188. The molecule has 0 aliphatic carbocycles. The highest BCUT2D eigenvalue weighted by Crippen LogP contribution is 2.22.